The number of piperidine rings is 1. The summed E-state index contributed by atoms with van der Waals surface area (Å²) >= 11 is 0. The van der Waals surface area contributed by atoms with Crippen LogP contribution in [0.25, 0.3) is 0 Å². The third kappa shape index (κ3) is 2.34. The van der Waals surface area contributed by atoms with E-state index in [1.165, 1.54) is 38.6 Å². The van der Waals surface area contributed by atoms with Crippen LogP contribution in [0.2, 0.25) is 0 Å². The Hall–Kier alpha value is -0.0800. The van der Waals surface area contributed by atoms with Gasteiger partial charge in [0, 0.05) is 18.1 Å². The Morgan fingerprint density at radius 2 is 1.83 bits per heavy atom. The SMILES string of the molecule is CC1CCC(C)C(CN)(N2CCCC(C)C2C)C1. The molecule has 2 N–H and O–H groups in total. The molecule has 0 aromatic heterocycles. The van der Waals surface area contributed by atoms with Crippen LogP contribution < -0.4 is 5.73 Å². The molecule has 0 radical (unpaired) electrons. The lowest BCUT2D eigenvalue weighted by Crippen LogP contribution is -2.65. The summed E-state index contributed by atoms with van der Waals surface area (Å²) < 4.78 is 0. The molecule has 2 rings (SSSR count). The molecule has 2 heteroatoms. The molecule has 2 fully saturated rings. The second-order valence-corrected chi connectivity index (χ2v) is 7.15. The van der Waals surface area contributed by atoms with Gasteiger partial charge >= 0.3 is 0 Å². The van der Waals surface area contributed by atoms with Crippen LogP contribution in [0.4, 0.5) is 0 Å². The molecule has 0 aromatic carbocycles. The van der Waals surface area contributed by atoms with Gasteiger partial charge in [0.15, 0.2) is 0 Å². The van der Waals surface area contributed by atoms with Crippen LogP contribution in [0.3, 0.4) is 0 Å². The quantitative estimate of drug-likeness (QED) is 0.817. The average molecular weight is 252 g/mol. The molecule has 1 saturated carbocycles. The first kappa shape index (κ1) is 14.3. The fourth-order valence-electron chi connectivity index (χ4n) is 4.48. The maximum Gasteiger partial charge on any atom is 0.0362 e. The van der Waals surface area contributed by atoms with Gasteiger partial charge in [-0.1, -0.05) is 27.2 Å². The number of nitrogens with zero attached hydrogens (tertiary/aromatic N) is 1. The van der Waals surface area contributed by atoms with Gasteiger partial charge in [0.05, 0.1) is 0 Å². The van der Waals surface area contributed by atoms with Crippen LogP contribution in [-0.4, -0.2) is 29.6 Å². The molecule has 5 unspecified atom stereocenters. The lowest BCUT2D eigenvalue weighted by molar-refractivity contribution is -0.0579. The van der Waals surface area contributed by atoms with Crippen LogP contribution in [0.15, 0.2) is 0 Å². The molecule has 106 valence electrons. The maximum absolute atomic E-state index is 6.29. The first-order chi connectivity index (χ1) is 8.51. The molecule has 0 bridgehead atoms. The van der Waals surface area contributed by atoms with Gasteiger partial charge < -0.3 is 5.73 Å². The molecule has 2 aliphatic rings. The van der Waals surface area contributed by atoms with Gasteiger partial charge in [-0.2, -0.15) is 0 Å². The van der Waals surface area contributed by atoms with Gasteiger partial charge in [-0.25, -0.2) is 0 Å². The van der Waals surface area contributed by atoms with Crippen LogP contribution in [-0.2, 0) is 0 Å². The highest BCUT2D eigenvalue weighted by atomic mass is 15.2. The lowest BCUT2D eigenvalue weighted by Gasteiger charge is -2.56. The summed E-state index contributed by atoms with van der Waals surface area (Å²) in [5, 5.41) is 0. The normalized spacial score (nSPS) is 47.2. The molecule has 18 heavy (non-hydrogen) atoms. The van der Waals surface area contributed by atoms with Crippen LogP contribution >= 0.6 is 0 Å². The van der Waals surface area contributed by atoms with Gasteiger partial charge in [0.25, 0.3) is 0 Å². The molecule has 0 amide bonds. The van der Waals surface area contributed by atoms with E-state index in [0.29, 0.717) is 6.04 Å². The van der Waals surface area contributed by atoms with E-state index < -0.39 is 0 Å². The highest BCUT2D eigenvalue weighted by molar-refractivity contribution is 5.03. The smallest absolute Gasteiger partial charge is 0.0362 e. The fourth-order valence-corrected chi connectivity index (χ4v) is 4.48. The van der Waals surface area contributed by atoms with Gasteiger partial charge in [-0.05, 0) is 56.9 Å². The van der Waals surface area contributed by atoms with Crippen molar-refractivity contribution >= 4 is 0 Å². The highest BCUT2D eigenvalue weighted by Crippen LogP contribution is 2.43. The standard InChI is InChI=1S/C16H32N2/c1-12-7-8-14(3)16(10-12,11-17)18-9-5-6-13(2)15(18)4/h12-15H,5-11,17H2,1-4H3. The van der Waals surface area contributed by atoms with Crippen LogP contribution in [0.5, 0.6) is 0 Å². The minimum atomic E-state index is 0.283. The van der Waals surface area contributed by atoms with Gasteiger partial charge in [0.2, 0.25) is 0 Å². The van der Waals surface area contributed by atoms with Crippen molar-refractivity contribution in [3.8, 4) is 0 Å². The van der Waals surface area contributed by atoms with Crippen molar-refractivity contribution in [1.82, 2.24) is 4.90 Å². The summed E-state index contributed by atoms with van der Waals surface area (Å²) in [6, 6.07) is 0.704. The van der Waals surface area contributed by atoms with Gasteiger partial charge in [0.1, 0.15) is 0 Å². The molecule has 0 aromatic rings. The van der Waals surface area contributed by atoms with E-state index in [1.807, 2.05) is 0 Å². The molecule has 1 heterocycles. The third-order valence-electron chi connectivity index (χ3n) is 6.01. The molecule has 5 atom stereocenters. The zero-order valence-electron chi connectivity index (χ0n) is 12.8. The number of hydrogen-bond donors (Lipinski definition) is 1. The predicted octanol–water partition coefficient (Wildman–Crippen LogP) is 3.26. The zero-order valence-corrected chi connectivity index (χ0v) is 12.8. The van der Waals surface area contributed by atoms with E-state index in [4.69, 9.17) is 5.73 Å². The van der Waals surface area contributed by atoms with Crippen LogP contribution in [0.1, 0.15) is 59.8 Å². The number of hydrogen-bond acceptors (Lipinski definition) is 2. The summed E-state index contributed by atoms with van der Waals surface area (Å²) in [6.45, 7) is 11.8. The summed E-state index contributed by atoms with van der Waals surface area (Å²) in [5.74, 6) is 2.42. The zero-order chi connectivity index (χ0) is 13.3. The van der Waals surface area contributed by atoms with Crippen molar-refractivity contribution < 1.29 is 0 Å². The van der Waals surface area contributed by atoms with E-state index in [9.17, 15) is 0 Å². The maximum atomic E-state index is 6.29. The second kappa shape index (κ2) is 5.50. The van der Waals surface area contributed by atoms with E-state index in [-0.39, 0.29) is 5.54 Å². The highest BCUT2D eigenvalue weighted by Gasteiger charge is 2.47. The summed E-state index contributed by atoms with van der Waals surface area (Å²) in [5.41, 5.74) is 6.57. The Kier molecular flexibility index (Phi) is 4.38. The van der Waals surface area contributed by atoms with Crippen molar-refractivity contribution in [3.05, 3.63) is 0 Å². The molecule has 1 saturated heterocycles. The number of nitrogens with two attached hydrogens (primary N) is 1. The van der Waals surface area contributed by atoms with Crippen molar-refractivity contribution in [2.24, 2.45) is 23.5 Å². The molecule has 0 spiro atoms. The van der Waals surface area contributed by atoms with Gasteiger partial charge in [-0.3, -0.25) is 4.90 Å². The Morgan fingerprint density at radius 3 is 2.50 bits per heavy atom. The monoisotopic (exact) mass is 252 g/mol. The fraction of sp³-hybridized carbons (Fsp3) is 1.00. The van der Waals surface area contributed by atoms with E-state index in [2.05, 4.69) is 32.6 Å². The first-order valence-electron chi connectivity index (χ1n) is 7.98. The minimum Gasteiger partial charge on any atom is -0.329 e. The summed E-state index contributed by atoms with van der Waals surface area (Å²) in [6.07, 6.45) is 6.80. The Morgan fingerprint density at radius 1 is 1.11 bits per heavy atom. The largest absolute Gasteiger partial charge is 0.329 e. The van der Waals surface area contributed by atoms with E-state index in [1.54, 1.807) is 0 Å². The molecule has 1 aliphatic carbocycles. The lowest BCUT2D eigenvalue weighted by atomic mass is 9.67. The van der Waals surface area contributed by atoms with E-state index >= 15 is 0 Å². The summed E-state index contributed by atoms with van der Waals surface area (Å²) in [4.78, 5) is 2.79. The average Bonchev–Trinajstić information content (AvgIpc) is 2.36. The van der Waals surface area contributed by atoms with Crippen LogP contribution in [0, 0.1) is 17.8 Å². The Labute approximate surface area is 113 Å². The second-order valence-electron chi connectivity index (χ2n) is 7.15. The number of rotatable bonds is 2. The third-order valence-corrected chi connectivity index (χ3v) is 6.01. The Balaban J connectivity index is 2.24. The van der Waals surface area contributed by atoms with Crippen molar-refractivity contribution in [2.45, 2.75) is 71.4 Å². The molecule has 2 nitrogen and oxygen atoms in total. The van der Waals surface area contributed by atoms with Gasteiger partial charge in [-0.15, -0.1) is 0 Å². The molecular formula is C16H32N2. The predicted molar refractivity (Wildman–Crippen MR) is 78.5 cm³/mol. The van der Waals surface area contributed by atoms with Crippen molar-refractivity contribution in [1.29, 1.82) is 0 Å². The minimum absolute atomic E-state index is 0.283. The molecular weight excluding hydrogens is 220 g/mol. The first-order valence-corrected chi connectivity index (χ1v) is 7.98. The molecule has 1 aliphatic heterocycles. The summed E-state index contributed by atoms with van der Waals surface area (Å²) in [7, 11) is 0. The topological polar surface area (TPSA) is 29.3 Å². The van der Waals surface area contributed by atoms with E-state index in [0.717, 1.165) is 24.3 Å². The van der Waals surface area contributed by atoms with Crippen molar-refractivity contribution in [3.63, 3.8) is 0 Å². The number of likely N-dealkylation sites (tertiary alicyclic amines) is 1. The van der Waals surface area contributed by atoms with Crippen molar-refractivity contribution in [2.75, 3.05) is 13.1 Å². The Bertz CT molecular complexity index is 278.